The second-order valence-corrected chi connectivity index (χ2v) is 5.56. The number of hydrogen-bond donors (Lipinski definition) is 1. The van der Waals surface area contributed by atoms with E-state index < -0.39 is 0 Å². The summed E-state index contributed by atoms with van der Waals surface area (Å²) in [6, 6.07) is 5.35. The van der Waals surface area contributed by atoms with Crippen molar-refractivity contribution in [1.82, 2.24) is 0 Å². The lowest BCUT2D eigenvalue weighted by Gasteiger charge is -2.19. The topological polar surface area (TPSA) is 59.0 Å². The summed E-state index contributed by atoms with van der Waals surface area (Å²) in [4.78, 5) is 13.7. The molecule has 0 spiro atoms. The standard InChI is InChI=1S/C15H20ClNO4.C2H6/c1-10-8-21-14-4-3-12(20-9-11(6-16)7-18)5-13(14)17(2)15(10)19;1-2/h3-5,10-11,18H,6-9H2,1-2H3;1-2H3. The monoisotopic (exact) mass is 343 g/mol. The summed E-state index contributed by atoms with van der Waals surface area (Å²) in [7, 11) is 1.73. The Morgan fingerprint density at radius 1 is 1.48 bits per heavy atom. The van der Waals surface area contributed by atoms with Gasteiger partial charge in [-0.15, -0.1) is 11.6 Å². The van der Waals surface area contributed by atoms with Crippen molar-refractivity contribution in [3.63, 3.8) is 0 Å². The molecule has 1 aliphatic rings. The number of ether oxygens (including phenoxy) is 2. The molecule has 5 nitrogen and oxygen atoms in total. The summed E-state index contributed by atoms with van der Waals surface area (Å²) in [5, 5.41) is 9.10. The van der Waals surface area contributed by atoms with E-state index >= 15 is 0 Å². The van der Waals surface area contributed by atoms with Gasteiger partial charge in [0.1, 0.15) is 11.5 Å². The molecule has 1 aromatic rings. The van der Waals surface area contributed by atoms with Gasteiger partial charge in [0.25, 0.3) is 0 Å². The van der Waals surface area contributed by atoms with Crippen LogP contribution >= 0.6 is 11.6 Å². The fourth-order valence-electron chi connectivity index (χ4n) is 2.07. The molecule has 130 valence electrons. The summed E-state index contributed by atoms with van der Waals surface area (Å²) in [6.45, 7) is 6.52. The third kappa shape index (κ3) is 5.01. The Bertz CT molecular complexity index is 505. The number of carbonyl (C=O) groups is 1. The van der Waals surface area contributed by atoms with Crippen molar-refractivity contribution in [2.24, 2.45) is 11.8 Å². The number of carbonyl (C=O) groups excluding carboxylic acids is 1. The Kier molecular flexibility index (Phi) is 8.20. The van der Waals surface area contributed by atoms with Crippen molar-refractivity contribution >= 4 is 23.2 Å². The van der Waals surface area contributed by atoms with Gasteiger partial charge in [-0.2, -0.15) is 0 Å². The van der Waals surface area contributed by atoms with Crippen LogP contribution in [-0.2, 0) is 4.79 Å². The minimum Gasteiger partial charge on any atom is -0.493 e. The number of hydrogen-bond acceptors (Lipinski definition) is 4. The molecule has 1 heterocycles. The Morgan fingerprint density at radius 3 is 2.78 bits per heavy atom. The van der Waals surface area contributed by atoms with Crippen molar-refractivity contribution in [3.8, 4) is 11.5 Å². The smallest absolute Gasteiger partial charge is 0.233 e. The van der Waals surface area contributed by atoms with E-state index in [0.717, 1.165) is 0 Å². The quantitative estimate of drug-likeness (QED) is 0.835. The number of fused-ring (bicyclic) bond motifs is 1. The second kappa shape index (κ2) is 9.63. The molecule has 2 atom stereocenters. The van der Waals surface area contributed by atoms with Gasteiger partial charge >= 0.3 is 0 Å². The van der Waals surface area contributed by atoms with Gasteiger partial charge in [-0.25, -0.2) is 0 Å². The lowest BCUT2D eigenvalue weighted by atomic mass is 10.1. The highest BCUT2D eigenvalue weighted by atomic mass is 35.5. The van der Waals surface area contributed by atoms with Crippen LogP contribution in [-0.4, -0.2) is 43.8 Å². The zero-order chi connectivity index (χ0) is 17.4. The zero-order valence-electron chi connectivity index (χ0n) is 14.2. The number of benzene rings is 1. The van der Waals surface area contributed by atoms with Crippen LogP contribution in [0, 0.1) is 11.8 Å². The number of nitrogens with zero attached hydrogens (tertiary/aromatic N) is 1. The highest BCUT2D eigenvalue weighted by Crippen LogP contribution is 2.35. The van der Waals surface area contributed by atoms with E-state index in [2.05, 4.69) is 0 Å². The summed E-state index contributed by atoms with van der Waals surface area (Å²) >= 11 is 5.72. The predicted octanol–water partition coefficient (Wildman–Crippen LogP) is 2.93. The molecule has 0 saturated heterocycles. The maximum absolute atomic E-state index is 12.1. The van der Waals surface area contributed by atoms with Gasteiger partial charge in [-0.1, -0.05) is 20.8 Å². The number of halogens is 1. The van der Waals surface area contributed by atoms with Gasteiger partial charge in [0.05, 0.1) is 31.4 Å². The Hall–Kier alpha value is -1.46. The Balaban J connectivity index is 0.00000127. The van der Waals surface area contributed by atoms with Crippen molar-refractivity contribution in [2.75, 3.05) is 37.6 Å². The lowest BCUT2D eigenvalue weighted by Crippen LogP contribution is -2.31. The molecule has 1 N–H and O–H groups in total. The average Bonchev–Trinajstić information content (AvgIpc) is 2.70. The summed E-state index contributed by atoms with van der Waals surface area (Å²) in [5.41, 5.74) is 0.688. The highest BCUT2D eigenvalue weighted by Gasteiger charge is 2.26. The van der Waals surface area contributed by atoms with Crippen molar-refractivity contribution in [3.05, 3.63) is 18.2 Å². The van der Waals surface area contributed by atoms with E-state index in [1.165, 1.54) is 0 Å². The van der Waals surface area contributed by atoms with Crippen LogP contribution in [0.2, 0.25) is 0 Å². The number of rotatable bonds is 5. The molecular formula is C17H26ClNO4. The molecular weight excluding hydrogens is 318 g/mol. The maximum atomic E-state index is 12.1. The van der Waals surface area contributed by atoms with Crippen molar-refractivity contribution in [1.29, 1.82) is 0 Å². The van der Waals surface area contributed by atoms with Crippen LogP contribution in [0.3, 0.4) is 0 Å². The average molecular weight is 344 g/mol. The van der Waals surface area contributed by atoms with E-state index in [0.29, 0.717) is 36.3 Å². The summed E-state index contributed by atoms with van der Waals surface area (Å²) < 4.78 is 11.3. The Morgan fingerprint density at radius 2 is 2.17 bits per heavy atom. The van der Waals surface area contributed by atoms with Crippen LogP contribution in [0.4, 0.5) is 5.69 Å². The van der Waals surface area contributed by atoms with Crippen LogP contribution < -0.4 is 14.4 Å². The molecule has 23 heavy (non-hydrogen) atoms. The molecule has 0 aromatic heterocycles. The molecule has 0 bridgehead atoms. The minimum absolute atomic E-state index is 0.0138. The number of amides is 1. The second-order valence-electron chi connectivity index (χ2n) is 5.25. The number of aliphatic hydroxyl groups excluding tert-OH is 1. The van der Waals surface area contributed by atoms with E-state index in [1.54, 1.807) is 30.1 Å². The normalized spacial score (nSPS) is 18.1. The molecule has 1 aromatic carbocycles. The molecule has 2 unspecified atom stereocenters. The number of anilines is 1. The third-order valence-corrected chi connectivity index (χ3v) is 3.93. The first kappa shape index (κ1) is 19.6. The molecule has 6 heteroatoms. The van der Waals surface area contributed by atoms with Crippen LogP contribution in [0.5, 0.6) is 11.5 Å². The zero-order valence-corrected chi connectivity index (χ0v) is 15.0. The first-order chi connectivity index (χ1) is 11.1. The van der Waals surface area contributed by atoms with Crippen molar-refractivity contribution in [2.45, 2.75) is 20.8 Å². The van der Waals surface area contributed by atoms with Crippen molar-refractivity contribution < 1.29 is 19.4 Å². The molecule has 1 aliphatic heterocycles. The number of aliphatic hydroxyl groups is 1. The predicted molar refractivity (Wildman–Crippen MR) is 92.6 cm³/mol. The van der Waals surface area contributed by atoms with Crippen LogP contribution in [0.1, 0.15) is 20.8 Å². The maximum Gasteiger partial charge on any atom is 0.233 e. The van der Waals surface area contributed by atoms with Gasteiger partial charge < -0.3 is 19.5 Å². The van der Waals surface area contributed by atoms with Gasteiger partial charge in [-0.3, -0.25) is 4.79 Å². The van der Waals surface area contributed by atoms with Gasteiger partial charge in [-0.05, 0) is 12.1 Å². The van der Waals surface area contributed by atoms with E-state index in [-0.39, 0.29) is 24.3 Å². The summed E-state index contributed by atoms with van der Waals surface area (Å²) in [6.07, 6.45) is 0. The van der Waals surface area contributed by atoms with Gasteiger partial charge in [0.2, 0.25) is 5.91 Å². The van der Waals surface area contributed by atoms with Crippen LogP contribution in [0.25, 0.3) is 0 Å². The van der Waals surface area contributed by atoms with E-state index in [1.807, 2.05) is 20.8 Å². The SMILES string of the molecule is CC.CC1COc2ccc(OCC(CO)CCl)cc2N(C)C1=O. The molecule has 2 rings (SSSR count). The Labute approximate surface area is 143 Å². The fourth-order valence-corrected chi connectivity index (χ4v) is 2.25. The van der Waals surface area contributed by atoms with Gasteiger partial charge in [0.15, 0.2) is 0 Å². The first-order valence-electron chi connectivity index (χ1n) is 7.90. The van der Waals surface area contributed by atoms with E-state index in [4.69, 9.17) is 26.2 Å². The third-order valence-electron chi connectivity index (χ3n) is 3.49. The summed E-state index contributed by atoms with van der Waals surface area (Å²) in [5.74, 6) is 1.34. The highest BCUT2D eigenvalue weighted by molar-refractivity contribution is 6.18. The number of alkyl halides is 1. The molecule has 0 radical (unpaired) electrons. The van der Waals surface area contributed by atoms with E-state index in [9.17, 15) is 4.79 Å². The largest absolute Gasteiger partial charge is 0.493 e. The fraction of sp³-hybridized carbons (Fsp3) is 0.588. The minimum atomic E-state index is -0.179. The molecule has 0 aliphatic carbocycles. The van der Waals surface area contributed by atoms with Gasteiger partial charge in [0, 0.05) is 24.9 Å². The molecule has 1 amide bonds. The first-order valence-corrected chi connectivity index (χ1v) is 8.44. The molecule has 0 fully saturated rings. The van der Waals surface area contributed by atoms with Crippen LogP contribution in [0.15, 0.2) is 18.2 Å². The lowest BCUT2D eigenvalue weighted by molar-refractivity contribution is -0.122. The molecule has 0 saturated carbocycles.